The molecule has 0 aliphatic rings. The average molecular weight is 511 g/mol. The first-order chi connectivity index (χ1) is 19.8. The summed E-state index contributed by atoms with van der Waals surface area (Å²) in [5.41, 5.74) is 10.1. The van der Waals surface area contributed by atoms with Crippen molar-refractivity contribution in [2.24, 2.45) is 0 Å². The molecule has 0 spiro atoms. The largest absolute Gasteiger partial charge is 0.309 e. The first kappa shape index (κ1) is 21.5. The fraction of sp³-hybridized carbons (Fsp3) is 0. The van der Waals surface area contributed by atoms with Crippen molar-refractivity contribution in [2.45, 2.75) is 0 Å². The number of rotatable bonds is 2. The van der Waals surface area contributed by atoms with Gasteiger partial charge in [0, 0.05) is 45.2 Å². The molecule has 0 amide bonds. The quantitative estimate of drug-likeness (QED) is 0.218. The zero-order valence-corrected chi connectivity index (χ0v) is 21.5. The third-order valence-corrected chi connectivity index (χ3v) is 8.15. The highest BCUT2D eigenvalue weighted by molar-refractivity contribution is 6.20. The van der Waals surface area contributed by atoms with Crippen LogP contribution < -0.4 is 0 Å². The summed E-state index contributed by atoms with van der Waals surface area (Å²) < 4.78 is 4.73. The van der Waals surface area contributed by atoms with Gasteiger partial charge in [0.1, 0.15) is 5.65 Å². The van der Waals surface area contributed by atoms with E-state index in [1.54, 1.807) is 0 Å². The highest BCUT2D eigenvalue weighted by Gasteiger charge is 2.18. The summed E-state index contributed by atoms with van der Waals surface area (Å²) in [7, 11) is 0. The van der Waals surface area contributed by atoms with Crippen molar-refractivity contribution in [2.75, 3.05) is 0 Å². The number of imidazole rings is 1. The summed E-state index contributed by atoms with van der Waals surface area (Å²) in [4.78, 5) is 9.42. The number of fused-ring (bicyclic) bond motifs is 11. The Kier molecular flexibility index (Phi) is 4.30. The Balaban J connectivity index is 1.46. The lowest BCUT2D eigenvalue weighted by molar-refractivity contribution is 1.18. The van der Waals surface area contributed by atoms with Gasteiger partial charge in [-0.1, -0.05) is 72.8 Å². The van der Waals surface area contributed by atoms with E-state index in [1.165, 1.54) is 38.1 Å². The topological polar surface area (TPSA) is 35.1 Å². The van der Waals surface area contributed by atoms with Crippen LogP contribution in [-0.2, 0) is 0 Å². The first-order valence-electron chi connectivity index (χ1n) is 13.5. The molecule has 0 radical (unpaired) electrons. The molecule has 0 unspecified atom stereocenters. The van der Waals surface area contributed by atoms with Crippen molar-refractivity contribution in [3.05, 3.63) is 134 Å². The summed E-state index contributed by atoms with van der Waals surface area (Å²) in [5, 5.41) is 6.04. The molecule has 0 fully saturated rings. The predicted octanol–water partition coefficient (Wildman–Crippen LogP) is 8.95. The van der Waals surface area contributed by atoms with E-state index in [-0.39, 0.29) is 0 Å². The van der Waals surface area contributed by atoms with Gasteiger partial charge in [-0.15, -0.1) is 0 Å². The smallest absolute Gasteiger partial charge is 0.146 e. The van der Waals surface area contributed by atoms with Crippen LogP contribution in [0.1, 0.15) is 0 Å². The Morgan fingerprint density at radius 2 is 1.20 bits per heavy atom. The average Bonchev–Trinajstić information content (AvgIpc) is 3.57. The lowest BCUT2D eigenvalue weighted by Gasteiger charge is -2.12. The molecule has 4 nitrogen and oxygen atoms in total. The number of hydrogen-bond acceptors (Lipinski definition) is 2. The van der Waals surface area contributed by atoms with Gasteiger partial charge in [0.25, 0.3) is 0 Å². The van der Waals surface area contributed by atoms with E-state index in [0.29, 0.717) is 0 Å². The molecular weight excluding hydrogens is 488 g/mol. The highest BCUT2D eigenvalue weighted by Crippen LogP contribution is 2.39. The summed E-state index contributed by atoms with van der Waals surface area (Å²) >= 11 is 0. The summed E-state index contributed by atoms with van der Waals surface area (Å²) in [6.45, 7) is 0. The second-order valence-corrected chi connectivity index (χ2v) is 10.3. The van der Waals surface area contributed by atoms with Crippen molar-refractivity contribution < 1.29 is 0 Å². The molecular formula is C36H22N4. The molecule has 0 saturated heterocycles. The maximum atomic E-state index is 5.08. The van der Waals surface area contributed by atoms with Crippen LogP contribution in [0.2, 0.25) is 0 Å². The minimum atomic E-state index is 0.997. The van der Waals surface area contributed by atoms with E-state index in [9.17, 15) is 0 Å². The highest BCUT2D eigenvalue weighted by atomic mass is 15.0. The fourth-order valence-corrected chi connectivity index (χ4v) is 6.40. The third-order valence-electron chi connectivity index (χ3n) is 8.15. The van der Waals surface area contributed by atoms with Crippen molar-refractivity contribution in [3.63, 3.8) is 0 Å². The zero-order chi connectivity index (χ0) is 26.2. The van der Waals surface area contributed by atoms with Crippen LogP contribution >= 0.6 is 0 Å². The van der Waals surface area contributed by atoms with Gasteiger partial charge in [-0.3, -0.25) is 9.38 Å². The molecule has 40 heavy (non-hydrogen) atoms. The Hall–Kier alpha value is -5.48. The molecule has 4 aromatic heterocycles. The van der Waals surface area contributed by atoms with Crippen LogP contribution in [0.3, 0.4) is 0 Å². The number of nitrogens with zero attached hydrogens (tertiary/aromatic N) is 4. The Morgan fingerprint density at radius 1 is 0.475 bits per heavy atom. The van der Waals surface area contributed by atoms with Gasteiger partial charge in [0.2, 0.25) is 0 Å². The molecule has 0 N–H and O–H groups in total. The van der Waals surface area contributed by atoms with Gasteiger partial charge in [-0.05, 0) is 59.5 Å². The first-order valence-corrected chi connectivity index (χ1v) is 13.5. The lowest BCUT2D eigenvalue weighted by Crippen LogP contribution is -1.96. The summed E-state index contributed by atoms with van der Waals surface area (Å²) in [5.74, 6) is 0. The maximum Gasteiger partial charge on any atom is 0.146 e. The SMILES string of the molecule is c1cncc(-c2cccc(-n3c4ccccc4c4cc5c(cc43)c3ccccc3c3nc4ccccc4n53)c2)c1. The van der Waals surface area contributed by atoms with Gasteiger partial charge in [-0.25, -0.2) is 4.98 Å². The lowest BCUT2D eigenvalue weighted by atomic mass is 10.0. The van der Waals surface area contributed by atoms with Gasteiger partial charge in [0.15, 0.2) is 0 Å². The molecule has 0 bridgehead atoms. The summed E-state index contributed by atoms with van der Waals surface area (Å²) in [6.07, 6.45) is 3.74. The molecule has 9 aromatic rings. The monoisotopic (exact) mass is 510 g/mol. The molecule has 5 aromatic carbocycles. The van der Waals surface area contributed by atoms with Gasteiger partial charge < -0.3 is 4.57 Å². The fourth-order valence-electron chi connectivity index (χ4n) is 6.40. The van der Waals surface area contributed by atoms with E-state index < -0.39 is 0 Å². The normalized spacial score (nSPS) is 12.0. The number of pyridine rings is 2. The molecule has 0 aliphatic carbocycles. The van der Waals surface area contributed by atoms with Gasteiger partial charge >= 0.3 is 0 Å². The molecule has 0 saturated carbocycles. The van der Waals surface area contributed by atoms with E-state index in [0.717, 1.165) is 38.9 Å². The predicted molar refractivity (Wildman–Crippen MR) is 165 cm³/mol. The van der Waals surface area contributed by atoms with Crippen LogP contribution in [0.25, 0.3) is 77.0 Å². The zero-order valence-electron chi connectivity index (χ0n) is 21.5. The van der Waals surface area contributed by atoms with Crippen molar-refractivity contribution in [1.29, 1.82) is 0 Å². The second kappa shape index (κ2) is 8.01. The van der Waals surface area contributed by atoms with Gasteiger partial charge in [-0.2, -0.15) is 0 Å². The van der Waals surface area contributed by atoms with E-state index in [1.807, 2.05) is 18.5 Å². The Bertz CT molecular complexity index is 2430. The minimum absolute atomic E-state index is 0.997. The minimum Gasteiger partial charge on any atom is -0.309 e. The molecule has 4 heterocycles. The van der Waals surface area contributed by atoms with Crippen LogP contribution in [0.15, 0.2) is 134 Å². The van der Waals surface area contributed by atoms with Crippen LogP contribution in [0, 0.1) is 0 Å². The number of hydrogen-bond donors (Lipinski definition) is 0. The Labute approximate surface area is 229 Å². The second-order valence-electron chi connectivity index (χ2n) is 10.3. The Morgan fingerprint density at radius 3 is 2.08 bits per heavy atom. The van der Waals surface area contributed by atoms with Crippen LogP contribution in [0.5, 0.6) is 0 Å². The van der Waals surface area contributed by atoms with E-state index >= 15 is 0 Å². The molecule has 9 rings (SSSR count). The van der Waals surface area contributed by atoms with Gasteiger partial charge in [0.05, 0.1) is 27.6 Å². The van der Waals surface area contributed by atoms with Crippen molar-refractivity contribution >= 4 is 60.2 Å². The van der Waals surface area contributed by atoms with E-state index in [2.05, 4.69) is 129 Å². The molecule has 0 aliphatic heterocycles. The number of benzene rings is 5. The number of para-hydroxylation sites is 3. The summed E-state index contributed by atoms with van der Waals surface area (Å²) in [6, 6.07) is 43.3. The number of aromatic nitrogens is 4. The van der Waals surface area contributed by atoms with Crippen molar-refractivity contribution in [1.82, 2.24) is 18.9 Å². The molecule has 0 atom stereocenters. The molecule has 186 valence electrons. The third kappa shape index (κ3) is 2.90. The standard InChI is InChI=1S/C36H22N4/c1-2-14-28-26(12-1)29-20-34-30(21-35(29)40-33-17-6-4-15-31(33)38-36(28)40)27-13-3-5-16-32(27)39(34)25-11-7-9-23(19-25)24-10-8-18-37-22-24/h1-22H. The van der Waals surface area contributed by atoms with Crippen LogP contribution in [0.4, 0.5) is 0 Å². The van der Waals surface area contributed by atoms with E-state index in [4.69, 9.17) is 4.98 Å². The van der Waals surface area contributed by atoms with Crippen LogP contribution in [-0.4, -0.2) is 18.9 Å². The maximum absolute atomic E-state index is 5.08. The molecule has 4 heteroatoms. The van der Waals surface area contributed by atoms with Crippen molar-refractivity contribution in [3.8, 4) is 16.8 Å².